The van der Waals surface area contributed by atoms with E-state index in [1.807, 2.05) is 0 Å². The Kier molecular flexibility index (Phi) is 8.67. The van der Waals surface area contributed by atoms with E-state index in [1.54, 1.807) is 0 Å². The Bertz CT molecular complexity index is 217. The molecule has 0 aromatic heterocycles. The Morgan fingerprint density at radius 2 is 2.00 bits per heavy atom. The van der Waals surface area contributed by atoms with Crippen LogP contribution in [0.3, 0.4) is 0 Å². The minimum atomic E-state index is 0.665. The standard InChI is InChI=1S/C16H34N2O/c1-5-19-12-6-10-17-13-15(4)18(16-7-8-16)11-9-14(2)3/h14-17H,5-13H2,1-4H3. The first-order valence-corrected chi connectivity index (χ1v) is 8.19. The van der Waals surface area contributed by atoms with E-state index in [1.165, 1.54) is 25.8 Å². The van der Waals surface area contributed by atoms with Crippen molar-refractivity contribution in [2.24, 2.45) is 5.92 Å². The molecule has 0 heterocycles. The van der Waals surface area contributed by atoms with Crippen LogP contribution in [0.2, 0.25) is 0 Å². The van der Waals surface area contributed by atoms with Gasteiger partial charge in [-0.05, 0) is 58.5 Å². The molecule has 19 heavy (non-hydrogen) atoms. The van der Waals surface area contributed by atoms with Crippen LogP contribution in [0.4, 0.5) is 0 Å². The smallest absolute Gasteiger partial charge is 0.0477 e. The van der Waals surface area contributed by atoms with Crippen LogP contribution in [0, 0.1) is 5.92 Å². The van der Waals surface area contributed by atoms with Gasteiger partial charge in [-0.3, -0.25) is 4.90 Å². The van der Waals surface area contributed by atoms with E-state index in [0.717, 1.165) is 44.7 Å². The van der Waals surface area contributed by atoms with Crippen molar-refractivity contribution in [3.63, 3.8) is 0 Å². The minimum absolute atomic E-state index is 0.665. The molecule has 0 aromatic carbocycles. The number of ether oxygens (including phenoxy) is 1. The summed E-state index contributed by atoms with van der Waals surface area (Å²) in [5.41, 5.74) is 0. The Morgan fingerprint density at radius 3 is 2.58 bits per heavy atom. The highest BCUT2D eigenvalue weighted by Crippen LogP contribution is 2.29. The van der Waals surface area contributed by atoms with Crippen LogP contribution >= 0.6 is 0 Å². The van der Waals surface area contributed by atoms with E-state index in [2.05, 4.69) is 37.9 Å². The average Bonchev–Trinajstić information content (AvgIpc) is 3.18. The number of nitrogens with zero attached hydrogens (tertiary/aromatic N) is 1. The summed E-state index contributed by atoms with van der Waals surface area (Å²) in [6, 6.07) is 1.54. The fraction of sp³-hybridized carbons (Fsp3) is 1.00. The second-order valence-corrected chi connectivity index (χ2v) is 6.26. The Labute approximate surface area is 120 Å². The number of rotatable bonds is 12. The minimum Gasteiger partial charge on any atom is -0.382 e. The zero-order chi connectivity index (χ0) is 14.1. The van der Waals surface area contributed by atoms with E-state index in [9.17, 15) is 0 Å². The highest BCUT2D eigenvalue weighted by atomic mass is 16.5. The maximum atomic E-state index is 5.35. The number of hydrogen-bond donors (Lipinski definition) is 1. The van der Waals surface area contributed by atoms with Crippen LogP contribution in [0.5, 0.6) is 0 Å². The quantitative estimate of drug-likeness (QED) is 0.552. The summed E-state index contributed by atoms with van der Waals surface area (Å²) in [6.45, 7) is 14.2. The normalized spacial score (nSPS) is 17.4. The lowest BCUT2D eigenvalue weighted by atomic mass is 10.1. The number of hydrogen-bond acceptors (Lipinski definition) is 3. The van der Waals surface area contributed by atoms with Gasteiger partial charge in [-0.25, -0.2) is 0 Å². The lowest BCUT2D eigenvalue weighted by Crippen LogP contribution is -2.42. The monoisotopic (exact) mass is 270 g/mol. The third-order valence-electron chi connectivity index (χ3n) is 3.83. The molecule has 3 heteroatoms. The predicted molar refractivity (Wildman–Crippen MR) is 82.6 cm³/mol. The zero-order valence-electron chi connectivity index (χ0n) is 13.5. The average molecular weight is 270 g/mol. The van der Waals surface area contributed by atoms with Crippen molar-refractivity contribution in [1.82, 2.24) is 10.2 Å². The van der Waals surface area contributed by atoms with Crippen molar-refractivity contribution < 1.29 is 4.74 Å². The van der Waals surface area contributed by atoms with Gasteiger partial charge in [-0.1, -0.05) is 13.8 Å². The molecule has 3 nitrogen and oxygen atoms in total. The predicted octanol–water partition coefficient (Wildman–Crippen LogP) is 2.90. The molecule has 1 unspecified atom stereocenters. The lowest BCUT2D eigenvalue weighted by molar-refractivity contribution is 0.142. The van der Waals surface area contributed by atoms with Gasteiger partial charge in [0.25, 0.3) is 0 Å². The van der Waals surface area contributed by atoms with Crippen LogP contribution in [0.1, 0.15) is 53.4 Å². The van der Waals surface area contributed by atoms with Gasteiger partial charge < -0.3 is 10.1 Å². The SMILES string of the molecule is CCOCCCNCC(C)N(CCC(C)C)C1CC1. The van der Waals surface area contributed by atoms with Gasteiger partial charge in [0.1, 0.15) is 0 Å². The highest BCUT2D eigenvalue weighted by Gasteiger charge is 2.31. The van der Waals surface area contributed by atoms with E-state index in [-0.39, 0.29) is 0 Å². The third-order valence-corrected chi connectivity index (χ3v) is 3.83. The van der Waals surface area contributed by atoms with Crippen molar-refractivity contribution in [1.29, 1.82) is 0 Å². The van der Waals surface area contributed by atoms with Crippen molar-refractivity contribution in [3.8, 4) is 0 Å². The van der Waals surface area contributed by atoms with E-state index in [4.69, 9.17) is 4.74 Å². The summed E-state index contributed by atoms with van der Waals surface area (Å²) < 4.78 is 5.35. The van der Waals surface area contributed by atoms with Gasteiger partial charge in [0.2, 0.25) is 0 Å². The molecule has 1 aliphatic carbocycles. The van der Waals surface area contributed by atoms with Crippen LogP contribution in [-0.4, -0.2) is 49.8 Å². The Morgan fingerprint density at radius 1 is 1.26 bits per heavy atom. The molecule has 1 atom stereocenters. The molecule has 0 bridgehead atoms. The molecule has 0 saturated heterocycles. The van der Waals surface area contributed by atoms with Crippen molar-refractivity contribution in [3.05, 3.63) is 0 Å². The number of nitrogens with one attached hydrogen (secondary N) is 1. The maximum absolute atomic E-state index is 5.35. The largest absolute Gasteiger partial charge is 0.382 e. The van der Waals surface area contributed by atoms with Gasteiger partial charge in [0.15, 0.2) is 0 Å². The van der Waals surface area contributed by atoms with Gasteiger partial charge in [0.05, 0.1) is 0 Å². The molecule has 1 aliphatic rings. The molecular formula is C16H34N2O. The molecular weight excluding hydrogens is 236 g/mol. The van der Waals surface area contributed by atoms with E-state index < -0.39 is 0 Å². The second kappa shape index (κ2) is 9.73. The van der Waals surface area contributed by atoms with Gasteiger partial charge in [-0.2, -0.15) is 0 Å². The van der Waals surface area contributed by atoms with Crippen LogP contribution in [0.15, 0.2) is 0 Å². The van der Waals surface area contributed by atoms with Crippen molar-refractivity contribution in [2.75, 3.05) is 32.8 Å². The zero-order valence-corrected chi connectivity index (χ0v) is 13.5. The van der Waals surface area contributed by atoms with Crippen molar-refractivity contribution >= 4 is 0 Å². The molecule has 0 aliphatic heterocycles. The Hall–Kier alpha value is -0.120. The molecule has 1 fully saturated rings. The van der Waals surface area contributed by atoms with E-state index in [0.29, 0.717) is 6.04 Å². The maximum Gasteiger partial charge on any atom is 0.0477 e. The summed E-state index contributed by atoms with van der Waals surface area (Å²) in [5.74, 6) is 0.813. The molecule has 0 radical (unpaired) electrons. The molecule has 0 spiro atoms. The lowest BCUT2D eigenvalue weighted by Gasteiger charge is -2.30. The van der Waals surface area contributed by atoms with Gasteiger partial charge >= 0.3 is 0 Å². The first-order chi connectivity index (χ1) is 9.15. The first kappa shape index (κ1) is 16.9. The summed E-state index contributed by atoms with van der Waals surface area (Å²) >= 11 is 0. The summed E-state index contributed by atoms with van der Waals surface area (Å²) in [5, 5.41) is 3.57. The molecule has 1 saturated carbocycles. The van der Waals surface area contributed by atoms with Crippen LogP contribution in [0.25, 0.3) is 0 Å². The van der Waals surface area contributed by atoms with Crippen molar-refractivity contribution in [2.45, 2.75) is 65.5 Å². The van der Waals surface area contributed by atoms with Crippen LogP contribution < -0.4 is 5.32 Å². The highest BCUT2D eigenvalue weighted by molar-refractivity contribution is 4.88. The van der Waals surface area contributed by atoms with Gasteiger partial charge in [0, 0.05) is 31.8 Å². The molecule has 1 N–H and O–H groups in total. The van der Waals surface area contributed by atoms with E-state index >= 15 is 0 Å². The first-order valence-electron chi connectivity index (χ1n) is 8.19. The van der Waals surface area contributed by atoms with Gasteiger partial charge in [-0.15, -0.1) is 0 Å². The molecule has 114 valence electrons. The summed E-state index contributed by atoms with van der Waals surface area (Å²) in [7, 11) is 0. The fourth-order valence-corrected chi connectivity index (χ4v) is 2.45. The van der Waals surface area contributed by atoms with Crippen LogP contribution in [-0.2, 0) is 4.74 Å². The second-order valence-electron chi connectivity index (χ2n) is 6.26. The topological polar surface area (TPSA) is 24.5 Å². The summed E-state index contributed by atoms with van der Waals surface area (Å²) in [4.78, 5) is 2.72. The molecule has 0 aromatic rings. The Balaban J connectivity index is 2.11. The fourth-order valence-electron chi connectivity index (χ4n) is 2.45. The summed E-state index contributed by atoms with van der Waals surface area (Å²) in [6.07, 6.45) is 5.26. The molecule has 0 amide bonds. The molecule has 1 rings (SSSR count). The third kappa shape index (κ3) is 7.91.